The molecule has 1 amide bonds. The summed E-state index contributed by atoms with van der Waals surface area (Å²) in [5.74, 6) is -0.0143. The first-order valence-corrected chi connectivity index (χ1v) is 8.49. The minimum atomic E-state index is -3.53. The number of benzene rings is 1. The summed E-state index contributed by atoms with van der Waals surface area (Å²) < 4.78 is 26.8. The Labute approximate surface area is 124 Å². The second-order valence-electron chi connectivity index (χ2n) is 5.69. The molecule has 1 atom stereocenters. The topological polar surface area (TPSA) is 83.7 Å². The first-order chi connectivity index (χ1) is 9.89. The highest BCUT2D eigenvalue weighted by atomic mass is 32.2. The molecule has 0 radical (unpaired) electrons. The lowest BCUT2D eigenvalue weighted by atomic mass is 10.1. The van der Waals surface area contributed by atoms with Crippen molar-refractivity contribution in [1.29, 1.82) is 0 Å². The largest absolute Gasteiger partial charge is 0.327 e. The van der Waals surface area contributed by atoms with E-state index < -0.39 is 10.0 Å². The van der Waals surface area contributed by atoms with Crippen LogP contribution < -0.4 is 10.6 Å². The van der Waals surface area contributed by atoms with Crippen LogP contribution in [0.25, 0.3) is 0 Å². The number of nitrogens with two attached hydrogens (primary N) is 1. The third kappa shape index (κ3) is 2.45. The first-order valence-electron chi connectivity index (χ1n) is 7.05. The summed E-state index contributed by atoms with van der Waals surface area (Å²) in [5.41, 5.74) is 7.42. The van der Waals surface area contributed by atoms with Crippen molar-refractivity contribution < 1.29 is 13.2 Å². The Kier molecular flexibility index (Phi) is 3.51. The third-order valence-corrected chi connectivity index (χ3v) is 6.05. The van der Waals surface area contributed by atoms with E-state index in [9.17, 15) is 13.2 Å². The smallest absolute Gasteiger partial charge is 0.243 e. The van der Waals surface area contributed by atoms with Crippen LogP contribution in [0.15, 0.2) is 23.1 Å². The van der Waals surface area contributed by atoms with E-state index in [1.807, 2.05) is 0 Å². The number of rotatable bonds is 2. The molecule has 0 aromatic heterocycles. The molecule has 21 heavy (non-hydrogen) atoms. The minimum Gasteiger partial charge on any atom is -0.327 e. The number of hydrogen-bond donors (Lipinski definition) is 1. The van der Waals surface area contributed by atoms with Crippen LogP contribution in [0.4, 0.5) is 5.69 Å². The Bertz CT molecular complexity index is 687. The summed E-state index contributed by atoms with van der Waals surface area (Å²) in [5, 5.41) is 0. The number of likely N-dealkylation sites (N-methyl/N-ethyl adjacent to an activating group) is 1. The van der Waals surface area contributed by atoms with Gasteiger partial charge >= 0.3 is 0 Å². The molecule has 0 aliphatic carbocycles. The molecular weight excluding hydrogens is 290 g/mol. The van der Waals surface area contributed by atoms with Crippen LogP contribution in [0, 0.1) is 0 Å². The molecule has 2 N–H and O–H groups in total. The number of nitrogens with zero attached hydrogens (tertiary/aromatic N) is 2. The molecule has 1 aromatic rings. The highest BCUT2D eigenvalue weighted by molar-refractivity contribution is 7.89. The van der Waals surface area contributed by atoms with Crippen LogP contribution in [0.3, 0.4) is 0 Å². The predicted octanol–water partition coefficient (Wildman–Crippen LogP) is 0.317. The molecule has 1 unspecified atom stereocenters. The second kappa shape index (κ2) is 5.08. The standard InChI is InChI=1S/C14H19N3O3S/c1-16-13-5-4-12(7-10(13)8-14(16)18)21(19,20)17-6-2-3-11(15)9-17/h4-5,7,11H,2-3,6,8-9,15H2,1H3. The number of hydrogen-bond acceptors (Lipinski definition) is 4. The van der Waals surface area contributed by atoms with E-state index in [2.05, 4.69) is 0 Å². The molecule has 7 heteroatoms. The minimum absolute atomic E-state index is 0.0143. The molecule has 1 saturated heterocycles. The van der Waals surface area contributed by atoms with E-state index in [-0.39, 0.29) is 23.3 Å². The van der Waals surface area contributed by atoms with Crippen molar-refractivity contribution in [2.24, 2.45) is 5.73 Å². The lowest BCUT2D eigenvalue weighted by molar-refractivity contribution is -0.117. The van der Waals surface area contributed by atoms with Crippen LogP contribution in [-0.4, -0.2) is 44.8 Å². The van der Waals surface area contributed by atoms with Gasteiger partial charge in [-0.25, -0.2) is 8.42 Å². The normalized spacial score (nSPS) is 23.4. The average Bonchev–Trinajstić information content (AvgIpc) is 2.73. The highest BCUT2D eigenvalue weighted by Crippen LogP contribution is 2.31. The molecular formula is C14H19N3O3S. The van der Waals surface area contributed by atoms with Crippen molar-refractivity contribution in [3.8, 4) is 0 Å². The molecule has 2 aliphatic rings. The Morgan fingerprint density at radius 2 is 2.10 bits per heavy atom. The number of sulfonamides is 1. The average molecular weight is 309 g/mol. The van der Waals surface area contributed by atoms with Crippen LogP contribution in [0.5, 0.6) is 0 Å². The maximum atomic E-state index is 12.7. The highest BCUT2D eigenvalue weighted by Gasteiger charge is 2.31. The Morgan fingerprint density at radius 3 is 2.81 bits per heavy atom. The van der Waals surface area contributed by atoms with Gasteiger partial charge in [-0.1, -0.05) is 0 Å². The number of fused-ring (bicyclic) bond motifs is 1. The van der Waals surface area contributed by atoms with Gasteiger partial charge in [0.2, 0.25) is 15.9 Å². The molecule has 6 nitrogen and oxygen atoms in total. The van der Waals surface area contributed by atoms with Crippen molar-refractivity contribution in [2.75, 3.05) is 25.0 Å². The molecule has 2 heterocycles. The molecule has 1 fully saturated rings. The quantitative estimate of drug-likeness (QED) is 0.852. The molecule has 0 spiro atoms. The SMILES string of the molecule is CN1C(=O)Cc2cc(S(=O)(=O)N3CCCC(N)C3)ccc21. The van der Waals surface area contributed by atoms with Gasteiger partial charge in [-0.15, -0.1) is 0 Å². The fraction of sp³-hybridized carbons (Fsp3) is 0.500. The number of carbonyl (C=O) groups excluding carboxylic acids is 1. The van der Waals surface area contributed by atoms with E-state index >= 15 is 0 Å². The molecule has 2 aliphatic heterocycles. The van der Waals surface area contributed by atoms with Crippen molar-refractivity contribution in [3.63, 3.8) is 0 Å². The first kappa shape index (κ1) is 14.5. The maximum absolute atomic E-state index is 12.7. The van der Waals surface area contributed by atoms with Gasteiger partial charge in [0, 0.05) is 31.9 Å². The zero-order valence-corrected chi connectivity index (χ0v) is 12.8. The number of carbonyl (C=O) groups is 1. The summed E-state index contributed by atoms with van der Waals surface area (Å²) >= 11 is 0. The molecule has 3 rings (SSSR count). The number of anilines is 1. The fourth-order valence-electron chi connectivity index (χ4n) is 2.95. The van der Waals surface area contributed by atoms with Gasteiger partial charge in [0.15, 0.2) is 0 Å². The van der Waals surface area contributed by atoms with Crippen molar-refractivity contribution in [2.45, 2.75) is 30.2 Å². The van der Waals surface area contributed by atoms with Gasteiger partial charge in [-0.05, 0) is 36.6 Å². The maximum Gasteiger partial charge on any atom is 0.243 e. The Hall–Kier alpha value is -1.44. The van der Waals surface area contributed by atoms with Crippen molar-refractivity contribution in [1.82, 2.24) is 4.31 Å². The zero-order valence-electron chi connectivity index (χ0n) is 11.9. The van der Waals surface area contributed by atoms with Gasteiger partial charge in [0.05, 0.1) is 11.3 Å². The van der Waals surface area contributed by atoms with E-state index in [0.29, 0.717) is 13.1 Å². The molecule has 0 saturated carbocycles. The van der Waals surface area contributed by atoms with E-state index in [0.717, 1.165) is 24.1 Å². The second-order valence-corrected chi connectivity index (χ2v) is 7.62. The van der Waals surface area contributed by atoms with Crippen molar-refractivity contribution >= 4 is 21.6 Å². The number of amides is 1. The van der Waals surface area contributed by atoms with Crippen LogP contribution in [0.2, 0.25) is 0 Å². The van der Waals surface area contributed by atoms with E-state index in [1.54, 1.807) is 30.1 Å². The van der Waals surface area contributed by atoms with Gasteiger partial charge in [-0.2, -0.15) is 4.31 Å². The van der Waals surface area contributed by atoms with Crippen molar-refractivity contribution in [3.05, 3.63) is 23.8 Å². The molecule has 114 valence electrons. The fourth-order valence-corrected chi connectivity index (χ4v) is 4.53. The van der Waals surface area contributed by atoms with Crippen LogP contribution in [-0.2, 0) is 21.2 Å². The Balaban J connectivity index is 1.94. The van der Waals surface area contributed by atoms with E-state index in [1.165, 1.54) is 4.31 Å². The van der Waals surface area contributed by atoms with Gasteiger partial charge < -0.3 is 10.6 Å². The lowest BCUT2D eigenvalue weighted by Gasteiger charge is -2.30. The van der Waals surface area contributed by atoms with Crippen LogP contribution in [0.1, 0.15) is 18.4 Å². The van der Waals surface area contributed by atoms with Crippen LogP contribution >= 0.6 is 0 Å². The van der Waals surface area contributed by atoms with E-state index in [4.69, 9.17) is 5.73 Å². The summed E-state index contributed by atoms with van der Waals surface area (Å²) in [6.07, 6.45) is 1.90. The Morgan fingerprint density at radius 1 is 1.33 bits per heavy atom. The lowest BCUT2D eigenvalue weighted by Crippen LogP contribution is -2.45. The summed E-state index contributed by atoms with van der Waals surface area (Å²) in [6, 6.07) is 4.79. The monoisotopic (exact) mass is 309 g/mol. The zero-order chi connectivity index (χ0) is 15.2. The summed E-state index contributed by atoms with van der Waals surface area (Å²) in [4.78, 5) is 13.5. The number of piperidine rings is 1. The van der Waals surface area contributed by atoms with Gasteiger partial charge in [0.1, 0.15) is 0 Å². The summed E-state index contributed by atoms with van der Waals surface area (Å²) in [6.45, 7) is 0.865. The summed E-state index contributed by atoms with van der Waals surface area (Å²) in [7, 11) is -1.83. The third-order valence-electron chi connectivity index (χ3n) is 4.19. The van der Waals surface area contributed by atoms with Gasteiger partial charge in [0.25, 0.3) is 0 Å². The van der Waals surface area contributed by atoms with Gasteiger partial charge in [-0.3, -0.25) is 4.79 Å². The molecule has 1 aromatic carbocycles. The predicted molar refractivity (Wildman–Crippen MR) is 79.5 cm³/mol. The molecule has 0 bridgehead atoms.